The van der Waals surface area contributed by atoms with Gasteiger partial charge in [0.05, 0.1) is 19.8 Å². The van der Waals surface area contributed by atoms with Crippen LogP contribution in [-0.4, -0.2) is 55.7 Å². The van der Waals surface area contributed by atoms with E-state index in [1.165, 1.54) is 5.56 Å². The minimum absolute atomic E-state index is 0.0674. The van der Waals surface area contributed by atoms with Crippen molar-refractivity contribution in [3.8, 4) is 5.75 Å². The van der Waals surface area contributed by atoms with Crippen LogP contribution in [0.15, 0.2) is 48.5 Å². The van der Waals surface area contributed by atoms with E-state index in [9.17, 15) is 9.59 Å². The smallest absolute Gasteiger partial charge is 0.251 e. The summed E-state index contributed by atoms with van der Waals surface area (Å²) in [7, 11) is 0. The van der Waals surface area contributed by atoms with Gasteiger partial charge in [-0.3, -0.25) is 14.5 Å². The minimum Gasteiger partial charge on any atom is -0.494 e. The summed E-state index contributed by atoms with van der Waals surface area (Å²) in [5.74, 6) is 0.115. The van der Waals surface area contributed by atoms with Crippen LogP contribution in [-0.2, 0) is 16.1 Å². The van der Waals surface area contributed by atoms with Crippen molar-refractivity contribution >= 4 is 17.5 Å². The number of carbonyl (C=O) groups excluding carboxylic acids is 2. The number of ether oxygens (including phenoxy) is 2. The molecule has 2 aromatic carbocycles. The molecule has 2 amide bonds. The van der Waals surface area contributed by atoms with Crippen LogP contribution in [0, 0.1) is 5.92 Å². The maximum atomic E-state index is 12.9. The number of nitrogens with zero attached hydrogens (tertiary/aromatic N) is 1. The standard InChI is InChI=1S/C25H33N3O4/c1-4-32-22-11-7-20(8-12-22)24(29)27-23(18(2)3)25(30)26-21-9-5-19(6-10-21)17-28-13-15-31-16-14-28/h5-12,18,23H,4,13-17H2,1-3H3,(H,26,30)(H,27,29)/t23-/m1/s1. The average Bonchev–Trinajstić information content (AvgIpc) is 2.79. The molecule has 2 N–H and O–H groups in total. The van der Waals surface area contributed by atoms with Crippen LogP contribution in [0.5, 0.6) is 5.75 Å². The highest BCUT2D eigenvalue weighted by atomic mass is 16.5. The Labute approximate surface area is 190 Å². The van der Waals surface area contributed by atoms with Gasteiger partial charge in [0.15, 0.2) is 0 Å². The molecule has 1 aliphatic heterocycles. The molecule has 1 aliphatic rings. The first-order chi connectivity index (χ1) is 15.5. The first kappa shape index (κ1) is 23.8. The van der Waals surface area contributed by atoms with Crippen LogP contribution in [0.3, 0.4) is 0 Å². The molecule has 1 heterocycles. The molecule has 1 saturated heterocycles. The fraction of sp³-hybridized carbons (Fsp3) is 0.440. The summed E-state index contributed by atoms with van der Waals surface area (Å²) in [6.07, 6.45) is 0. The number of benzene rings is 2. The molecule has 0 aromatic heterocycles. The number of rotatable bonds is 9. The lowest BCUT2D eigenvalue weighted by molar-refractivity contribution is -0.118. The predicted octanol–water partition coefficient (Wildman–Crippen LogP) is 3.31. The second-order valence-electron chi connectivity index (χ2n) is 8.23. The van der Waals surface area contributed by atoms with Crippen LogP contribution in [0.2, 0.25) is 0 Å². The van der Waals surface area contributed by atoms with Gasteiger partial charge in [-0.25, -0.2) is 0 Å². The Bertz CT molecular complexity index is 875. The van der Waals surface area contributed by atoms with Gasteiger partial charge in [-0.2, -0.15) is 0 Å². The van der Waals surface area contributed by atoms with Gasteiger partial charge in [-0.1, -0.05) is 26.0 Å². The molecule has 0 spiro atoms. The molecule has 7 heteroatoms. The maximum Gasteiger partial charge on any atom is 0.251 e. The topological polar surface area (TPSA) is 79.9 Å². The highest BCUT2D eigenvalue weighted by Crippen LogP contribution is 2.15. The van der Waals surface area contributed by atoms with E-state index in [4.69, 9.17) is 9.47 Å². The minimum atomic E-state index is -0.651. The summed E-state index contributed by atoms with van der Waals surface area (Å²) in [6.45, 7) is 10.6. The number of carbonyl (C=O) groups is 2. The number of morpholine rings is 1. The Balaban J connectivity index is 1.57. The molecule has 3 rings (SSSR count). The van der Waals surface area contributed by atoms with E-state index in [2.05, 4.69) is 15.5 Å². The molecular weight excluding hydrogens is 406 g/mol. The van der Waals surface area contributed by atoms with Crippen molar-refractivity contribution < 1.29 is 19.1 Å². The Morgan fingerprint density at radius 2 is 1.69 bits per heavy atom. The number of amides is 2. The van der Waals surface area contributed by atoms with E-state index in [1.54, 1.807) is 24.3 Å². The Morgan fingerprint density at radius 3 is 2.28 bits per heavy atom. The zero-order valence-corrected chi connectivity index (χ0v) is 19.1. The van der Waals surface area contributed by atoms with Gasteiger partial charge < -0.3 is 20.1 Å². The highest BCUT2D eigenvalue weighted by Gasteiger charge is 2.25. The summed E-state index contributed by atoms with van der Waals surface area (Å²) in [6, 6.07) is 14.1. The van der Waals surface area contributed by atoms with E-state index < -0.39 is 6.04 Å². The Morgan fingerprint density at radius 1 is 1.03 bits per heavy atom. The van der Waals surface area contributed by atoms with E-state index in [-0.39, 0.29) is 17.7 Å². The zero-order chi connectivity index (χ0) is 22.9. The largest absolute Gasteiger partial charge is 0.494 e. The van der Waals surface area contributed by atoms with Gasteiger partial charge in [0.1, 0.15) is 11.8 Å². The van der Waals surface area contributed by atoms with E-state index in [0.29, 0.717) is 23.6 Å². The summed E-state index contributed by atoms with van der Waals surface area (Å²) in [4.78, 5) is 27.9. The van der Waals surface area contributed by atoms with E-state index >= 15 is 0 Å². The molecule has 7 nitrogen and oxygen atoms in total. The van der Waals surface area contributed by atoms with Crippen LogP contribution in [0.25, 0.3) is 0 Å². The van der Waals surface area contributed by atoms with Crippen molar-refractivity contribution in [2.45, 2.75) is 33.4 Å². The van der Waals surface area contributed by atoms with Crippen molar-refractivity contribution in [1.29, 1.82) is 0 Å². The van der Waals surface area contributed by atoms with Gasteiger partial charge in [-0.05, 0) is 54.8 Å². The molecule has 0 bridgehead atoms. The van der Waals surface area contributed by atoms with Crippen LogP contribution in [0.1, 0.15) is 36.7 Å². The van der Waals surface area contributed by atoms with Gasteiger partial charge in [0.2, 0.25) is 5.91 Å². The van der Waals surface area contributed by atoms with Gasteiger partial charge in [-0.15, -0.1) is 0 Å². The van der Waals surface area contributed by atoms with Crippen LogP contribution < -0.4 is 15.4 Å². The summed E-state index contributed by atoms with van der Waals surface area (Å²) in [5, 5.41) is 5.79. The maximum absolute atomic E-state index is 12.9. The van der Waals surface area contributed by atoms with Gasteiger partial charge in [0.25, 0.3) is 5.91 Å². The number of hydrogen-bond donors (Lipinski definition) is 2. The lowest BCUT2D eigenvalue weighted by atomic mass is 10.0. The average molecular weight is 440 g/mol. The third kappa shape index (κ3) is 6.80. The molecule has 1 fully saturated rings. The molecule has 0 aliphatic carbocycles. The number of anilines is 1. The Kier molecular flexibility index (Phi) is 8.64. The van der Waals surface area contributed by atoms with Crippen molar-refractivity contribution in [2.75, 3.05) is 38.2 Å². The van der Waals surface area contributed by atoms with E-state index in [0.717, 1.165) is 32.8 Å². The fourth-order valence-electron chi connectivity index (χ4n) is 3.56. The van der Waals surface area contributed by atoms with Gasteiger partial charge in [0, 0.05) is 30.9 Å². The molecule has 0 saturated carbocycles. The second-order valence-corrected chi connectivity index (χ2v) is 8.23. The first-order valence-electron chi connectivity index (χ1n) is 11.2. The molecule has 2 aromatic rings. The van der Waals surface area contributed by atoms with Crippen molar-refractivity contribution in [3.05, 3.63) is 59.7 Å². The van der Waals surface area contributed by atoms with Crippen molar-refractivity contribution in [1.82, 2.24) is 10.2 Å². The molecular formula is C25H33N3O4. The van der Waals surface area contributed by atoms with Crippen molar-refractivity contribution in [2.24, 2.45) is 5.92 Å². The predicted molar refractivity (Wildman–Crippen MR) is 125 cm³/mol. The summed E-state index contributed by atoms with van der Waals surface area (Å²) >= 11 is 0. The first-order valence-corrected chi connectivity index (χ1v) is 11.2. The van der Waals surface area contributed by atoms with Crippen molar-refractivity contribution in [3.63, 3.8) is 0 Å². The van der Waals surface area contributed by atoms with Crippen LogP contribution in [0.4, 0.5) is 5.69 Å². The quantitative estimate of drug-likeness (QED) is 0.627. The lowest BCUT2D eigenvalue weighted by Crippen LogP contribution is -2.47. The highest BCUT2D eigenvalue weighted by molar-refractivity contribution is 6.01. The third-order valence-electron chi connectivity index (χ3n) is 5.39. The fourth-order valence-corrected chi connectivity index (χ4v) is 3.56. The molecule has 172 valence electrons. The summed E-state index contributed by atoms with van der Waals surface area (Å²) in [5.41, 5.74) is 2.38. The molecule has 1 atom stereocenters. The monoisotopic (exact) mass is 439 g/mol. The zero-order valence-electron chi connectivity index (χ0n) is 19.1. The van der Waals surface area contributed by atoms with Crippen LogP contribution >= 0.6 is 0 Å². The van der Waals surface area contributed by atoms with E-state index in [1.807, 2.05) is 45.0 Å². The summed E-state index contributed by atoms with van der Waals surface area (Å²) < 4.78 is 10.8. The molecule has 0 radical (unpaired) electrons. The third-order valence-corrected chi connectivity index (χ3v) is 5.39. The lowest BCUT2D eigenvalue weighted by Gasteiger charge is -2.26. The second kappa shape index (κ2) is 11.6. The number of nitrogens with one attached hydrogen (secondary N) is 2. The molecule has 32 heavy (non-hydrogen) atoms. The normalized spacial score (nSPS) is 15.2. The Hall–Kier alpha value is -2.90. The molecule has 0 unspecified atom stereocenters. The SMILES string of the molecule is CCOc1ccc(C(=O)N[C@@H](C(=O)Nc2ccc(CN3CCOCC3)cc2)C(C)C)cc1. The number of hydrogen-bond acceptors (Lipinski definition) is 5. The van der Waals surface area contributed by atoms with Gasteiger partial charge >= 0.3 is 0 Å².